The largest absolute Gasteiger partial charge is 0.435 e. The van der Waals surface area contributed by atoms with Crippen molar-refractivity contribution in [3.63, 3.8) is 0 Å². The van der Waals surface area contributed by atoms with Crippen molar-refractivity contribution in [2.24, 2.45) is 0 Å². The number of alkyl halides is 2. The van der Waals surface area contributed by atoms with Gasteiger partial charge in [-0.2, -0.15) is 8.78 Å². The third kappa shape index (κ3) is 6.12. The second-order valence-corrected chi connectivity index (χ2v) is 6.59. The molecule has 0 saturated heterocycles. The highest BCUT2D eigenvalue weighted by Crippen LogP contribution is 2.22. The Morgan fingerprint density at radius 1 is 0.897 bits per heavy atom. The number of nitrogens with one attached hydrogen (secondary N) is 2. The number of benzene rings is 3. The van der Waals surface area contributed by atoms with E-state index in [-0.39, 0.29) is 24.2 Å². The first kappa shape index (κ1) is 20.5. The van der Waals surface area contributed by atoms with Crippen molar-refractivity contribution < 1.29 is 18.3 Å². The van der Waals surface area contributed by atoms with Gasteiger partial charge in [0.1, 0.15) is 5.75 Å². The molecule has 0 aliphatic carbocycles. The van der Waals surface area contributed by atoms with E-state index in [4.69, 9.17) is 0 Å². The van der Waals surface area contributed by atoms with Crippen LogP contribution in [0.5, 0.6) is 5.75 Å². The first-order chi connectivity index (χ1) is 14.0. The van der Waals surface area contributed by atoms with Crippen LogP contribution in [0.15, 0.2) is 78.9 Å². The Kier molecular flexibility index (Phi) is 6.92. The van der Waals surface area contributed by atoms with Crippen molar-refractivity contribution in [3.05, 3.63) is 95.6 Å². The van der Waals surface area contributed by atoms with Crippen LogP contribution in [0.25, 0.3) is 0 Å². The molecule has 0 spiro atoms. The summed E-state index contributed by atoms with van der Waals surface area (Å²) < 4.78 is 28.7. The lowest BCUT2D eigenvalue weighted by molar-refractivity contribution is -0.115. The van der Waals surface area contributed by atoms with E-state index in [9.17, 15) is 13.6 Å². The summed E-state index contributed by atoms with van der Waals surface area (Å²) in [4.78, 5) is 12.4. The molecule has 1 amide bonds. The first-order valence-corrected chi connectivity index (χ1v) is 9.21. The highest BCUT2D eigenvalue weighted by Gasteiger charge is 2.15. The predicted molar refractivity (Wildman–Crippen MR) is 109 cm³/mol. The molecule has 3 rings (SSSR count). The van der Waals surface area contributed by atoms with Crippen LogP contribution < -0.4 is 15.4 Å². The van der Waals surface area contributed by atoms with Crippen LogP contribution in [0.1, 0.15) is 22.7 Å². The van der Waals surface area contributed by atoms with Crippen LogP contribution in [0.3, 0.4) is 0 Å². The number of carbonyl (C=O) groups is 1. The number of hydrogen-bond donors (Lipinski definition) is 2. The maximum absolute atomic E-state index is 12.4. The van der Waals surface area contributed by atoms with E-state index in [0.717, 1.165) is 16.7 Å². The molecule has 0 radical (unpaired) electrons. The van der Waals surface area contributed by atoms with Crippen molar-refractivity contribution in [2.45, 2.75) is 19.6 Å². The van der Waals surface area contributed by atoms with Crippen LogP contribution in [-0.4, -0.2) is 19.1 Å². The van der Waals surface area contributed by atoms with Gasteiger partial charge in [-0.25, -0.2) is 0 Å². The Hall–Kier alpha value is -3.25. The number of halogens is 2. The highest BCUT2D eigenvalue weighted by atomic mass is 19.3. The molecule has 4 nitrogen and oxygen atoms in total. The molecular formula is C23H22F2N2O2. The van der Waals surface area contributed by atoms with Gasteiger partial charge in [0.2, 0.25) is 5.91 Å². The summed E-state index contributed by atoms with van der Waals surface area (Å²) >= 11 is 0. The highest BCUT2D eigenvalue weighted by molar-refractivity contribution is 5.92. The Morgan fingerprint density at radius 3 is 2.14 bits per heavy atom. The van der Waals surface area contributed by atoms with Crippen LogP contribution in [-0.2, 0) is 4.79 Å². The maximum Gasteiger partial charge on any atom is 0.387 e. The van der Waals surface area contributed by atoms with Gasteiger partial charge >= 0.3 is 6.61 Å². The molecule has 0 aliphatic rings. The Balaban J connectivity index is 1.64. The van der Waals surface area contributed by atoms with Gasteiger partial charge in [-0.05, 0) is 42.3 Å². The van der Waals surface area contributed by atoms with Gasteiger partial charge in [-0.15, -0.1) is 0 Å². The molecule has 29 heavy (non-hydrogen) atoms. The van der Waals surface area contributed by atoms with Gasteiger partial charge in [0, 0.05) is 5.69 Å². The predicted octanol–water partition coefficient (Wildman–Crippen LogP) is 4.91. The van der Waals surface area contributed by atoms with Crippen molar-refractivity contribution in [1.29, 1.82) is 0 Å². The number of aryl methyl sites for hydroxylation is 1. The average molecular weight is 396 g/mol. The van der Waals surface area contributed by atoms with Gasteiger partial charge in [0.15, 0.2) is 0 Å². The fourth-order valence-corrected chi connectivity index (χ4v) is 2.95. The van der Waals surface area contributed by atoms with Crippen LogP contribution >= 0.6 is 0 Å². The minimum atomic E-state index is -2.88. The number of ether oxygens (including phenoxy) is 1. The number of hydrogen-bond acceptors (Lipinski definition) is 3. The van der Waals surface area contributed by atoms with Crippen LogP contribution in [0.2, 0.25) is 0 Å². The summed E-state index contributed by atoms with van der Waals surface area (Å²) in [5, 5.41) is 6.04. The molecule has 3 aromatic carbocycles. The zero-order chi connectivity index (χ0) is 20.6. The summed E-state index contributed by atoms with van der Waals surface area (Å²) in [6.07, 6.45) is 0. The molecule has 0 aromatic heterocycles. The quantitative estimate of drug-likeness (QED) is 0.569. The van der Waals surface area contributed by atoms with E-state index >= 15 is 0 Å². The van der Waals surface area contributed by atoms with E-state index in [1.54, 1.807) is 0 Å². The monoisotopic (exact) mass is 396 g/mol. The lowest BCUT2D eigenvalue weighted by Crippen LogP contribution is -2.31. The van der Waals surface area contributed by atoms with Crippen molar-refractivity contribution in [1.82, 2.24) is 5.32 Å². The molecule has 6 heteroatoms. The number of carbonyl (C=O) groups excluding carboxylic acids is 1. The lowest BCUT2D eigenvalue weighted by Gasteiger charge is -2.20. The molecule has 0 aliphatic heterocycles. The van der Waals surface area contributed by atoms with Gasteiger partial charge in [0.25, 0.3) is 0 Å². The smallest absolute Gasteiger partial charge is 0.387 e. The molecule has 0 unspecified atom stereocenters. The van der Waals surface area contributed by atoms with Crippen LogP contribution in [0.4, 0.5) is 14.5 Å². The fourth-order valence-electron chi connectivity index (χ4n) is 2.95. The Morgan fingerprint density at radius 2 is 1.52 bits per heavy atom. The summed E-state index contributed by atoms with van der Waals surface area (Å²) in [6.45, 7) is -0.765. The zero-order valence-corrected chi connectivity index (χ0v) is 15.9. The molecule has 3 aromatic rings. The van der Waals surface area contributed by atoms with Gasteiger partial charge in [-0.1, -0.05) is 60.2 Å². The summed E-state index contributed by atoms with van der Waals surface area (Å²) in [5.41, 5.74) is 3.78. The molecule has 0 saturated carbocycles. The van der Waals surface area contributed by atoms with Crippen molar-refractivity contribution >= 4 is 11.6 Å². The molecule has 0 bridgehead atoms. The molecule has 1 atom stereocenters. The van der Waals surface area contributed by atoms with E-state index in [2.05, 4.69) is 15.4 Å². The Bertz CT molecular complexity index is 914. The minimum absolute atomic E-state index is 0.0413. The second kappa shape index (κ2) is 9.80. The van der Waals surface area contributed by atoms with E-state index in [1.165, 1.54) is 24.3 Å². The minimum Gasteiger partial charge on any atom is -0.435 e. The average Bonchev–Trinajstić information content (AvgIpc) is 2.71. The van der Waals surface area contributed by atoms with E-state index < -0.39 is 6.61 Å². The summed E-state index contributed by atoms with van der Waals surface area (Å²) in [7, 11) is 0. The molecule has 0 heterocycles. The first-order valence-electron chi connectivity index (χ1n) is 9.21. The molecule has 150 valence electrons. The van der Waals surface area contributed by atoms with E-state index in [0.29, 0.717) is 5.69 Å². The fraction of sp³-hybridized carbons (Fsp3) is 0.174. The van der Waals surface area contributed by atoms with Crippen molar-refractivity contribution in [2.75, 3.05) is 11.9 Å². The lowest BCUT2D eigenvalue weighted by atomic mass is 9.98. The van der Waals surface area contributed by atoms with Gasteiger partial charge in [-0.3, -0.25) is 10.1 Å². The normalized spacial score (nSPS) is 11.9. The van der Waals surface area contributed by atoms with Crippen LogP contribution in [0, 0.1) is 6.92 Å². The van der Waals surface area contributed by atoms with E-state index in [1.807, 2.05) is 61.5 Å². The third-order valence-corrected chi connectivity index (χ3v) is 4.37. The molecule has 0 fully saturated rings. The SMILES string of the molecule is Cc1ccc([C@H](NCC(=O)Nc2ccc(OC(F)F)cc2)c2ccccc2)cc1. The Labute approximate surface area is 168 Å². The van der Waals surface area contributed by atoms with Gasteiger partial charge in [0.05, 0.1) is 12.6 Å². The van der Waals surface area contributed by atoms with Gasteiger partial charge < -0.3 is 10.1 Å². The number of rotatable bonds is 8. The number of anilines is 1. The molecule has 2 N–H and O–H groups in total. The second-order valence-electron chi connectivity index (χ2n) is 6.59. The van der Waals surface area contributed by atoms with Crippen molar-refractivity contribution in [3.8, 4) is 5.75 Å². The number of amides is 1. The third-order valence-electron chi connectivity index (χ3n) is 4.37. The zero-order valence-electron chi connectivity index (χ0n) is 15.9. The topological polar surface area (TPSA) is 50.4 Å². The summed E-state index contributed by atoms with van der Waals surface area (Å²) in [5.74, 6) is -0.194. The maximum atomic E-state index is 12.4. The standard InChI is InChI=1S/C23H22F2N2O2/c1-16-7-9-18(10-8-16)22(17-5-3-2-4-6-17)26-15-21(28)27-19-11-13-20(14-12-19)29-23(24)25/h2-14,22-23,26H,15H2,1H3,(H,27,28)/t22-/m1/s1. The molecular weight excluding hydrogens is 374 g/mol. The summed E-state index contributed by atoms with van der Waals surface area (Å²) in [6, 6.07) is 23.7.